The molecule has 0 bridgehead atoms. The van der Waals surface area contributed by atoms with Crippen molar-refractivity contribution in [1.82, 2.24) is 20.1 Å². The third-order valence-corrected chi connectivity index (χ3v) is 4.07. The fraction of sp³-hybridized carbons (Fsp3) is 0.438. The number of methoxy groups -OCH3 is 1. The van der Waals surface area contributed by atoms with Crippen molar-refractivity contribution in [3.63, 3.8) is 0 Å². The highest BCUT2D eigenvalue weighted by Gasteiger charge is 2.26. The molecule has 6 heteroatoms. The topological polar surface area (TPSA) is 71.1 Å². The first-order chi connectivity index (χ1) is 10.8. The van der Waals surface area contributed by atoms with Crippen molar-refractivity contribution < 1.29 is 9.53 Å². The van der Waals surface area contributed by atoms with E-state index in [-0.39, 0.29) is 5.91 Å². The summed E-state index contributed by atoms with van der Waals surface area (Å²) in [6.45, 7) is 1.55. The van der Waals surface area contributed by atoms with Gasteiger partial charge >= 0.3 is 0 Å². The van der Waals surface area contributed by atoms with Crippen LogP contribution in [0.25, 0.3) is 0 Å². The predicted molar refractivity (Wildman–Crippen MR) is 81.7 cm³/mol. The minimum atomic E-state index is -0.000685. The number of nitrogens with one attached hydrogen (secondary N) is 1. The van der Waals surface area contributed by atoms with E-state index in [1.165, 1.54) is 7.11 Å². The van der Waals surface area contributed by atoms with Crippen LogP contribution in [0.4, 0.5) is 0 Å². The summed E-state index contributed by atoms with van der Waals surface area (Å²) in [5.41, 5.74) is 1.66. The summed E-state index contributed by atoms with van der Waals surface area (Å²) in [7, 11) is 1.54. The molecule has 1 saturated heterocycles. The number of amides is 1. The van der Waals surface area contributed by atoms with Gasteiger partial charge in [-0.2, -0.15) is 5.10 Å². The van der Waals surface area contributed by atoms with Crippen molar-refractivity contribution in [2.75, 3.05) is 20.2 Å². The van der Waals surface area contributed by atoms with Crippen molar-refractivity contribution >= 4 is 5.91 Å². The normalized spacial score (nSPS) is 18.2. The summed E-state index contributed by atoms with van der Waals surface area (Å²) in [5, 5.41) is 6.98. The molecule has 0 aliphatic carbocycles. The molecule has 0 unspecified atom stereocenters. The summed E-state index contributed by atoms with van der Waals surface area (Å²) < 4.78 is 5.20. The Hall–Kier alpha value is -2.37. The largest absolute Gasteiger partial charge is 0.480 e. The molecule has 116 valence electrons. The van der Waals surface area contributed by atoms with Crippen LogP contribution >= 0.6 is 0 Å². The van der Waals surface area contributed by atoms with Gasteiger partial charge in [-0.1, -0.05) is 0 Å². The van der Waals surface area contributed by atoms with Crippen LogP contribution < -0.4 is 4.74 Å². The Labute approximate surface area is 129 Å². The number of rotatable bonds is 4. The number of hydrogen-bond donors (Lipinski definition) is 1. The molecule has 1 aliphatic rings. The van der Waals surface area contributed by atoms with Gasteiger partial charge in [0.2, 0.25) is 5.88 Å². The van der Waals surface area contributed by atoms with Gasteiger partial charge in [0.15, 0.2) is 0 Å². The fourth-order valence-corrected chi connectivity index (χ4v) is 3.01. The minimum Gasteiger partial charge on any atom is -0.480 e. The fourth-order valence-electron chi connectivity index (χ4n) is 3.01. The van der Waals surface area contributed by atoms with Crippen molar-refractivity contribution in [2.45, 2.75) is 19.3 Å². The summed E-state index contributed by atoms with van der Waals surface area (Å²) in [6, 6.07) is 5.53. The number of likely N-dealkylation sites (tertiary alicyclic amines) is 1. The van der Waals surface area contributed by atoms with Crippen molar-refractivity contribution in [3.8, 4) is 5.88 Å². The zero-order valence-corrected chi connectivity index (χ0v) is 12.7. The Kier molecular flexibility index (Phi) is 4.37. The molecule has 6 nitrogen and oxygen atoms in total. The number of hydrogen-bond acceptors (Lipinski definition) is 4. The van der Waals surface area contributed by atoms with E-state index in [0.29, 0.717) is 17.4 Å². The quantitative estimate of drug-likeness (QED) is 0.936. The number of pyridine rings is 1. The van der Waals surface area contributed by atoms with E-state index in [4.69, 9.17) is 4.74 Å². The highest BCUT2D eigenvalue weighted by Crippen LogP contribution is 2.23. The van der Waals surface area contributed by atoms with E-state index in [0.717, 1.165) is 38.0 Å². The monoisotopic (exact) mass is 300 g/mol. The Morgan fingerprint density at radius 3 is 3.14 bits per heavy atom. The van der Waals surface area contributed by atoms with E-state index >= 15 is 0 Å². The number of H-pyrrole nitrogens is 1. The summed E-state index contributed by atoms with van der Waals surface area (Å²) >= 11 is 0. The molecule has 2 aromatic rings. The molecule has 22 heavy (non-hydrogen) atoms. The van der Waals surface area contributed by atoms with E-state index in [1.807, 2.05) is 11.0 Å². The third kappa shape index (κ3) is 3.10. The molecule has 0 spiro atoms. The van der Waals surface area contributed by atoms with Crippen LogP contribution in [-0.2, 0) is 6.42 Å². The van der Waals surface area contributed by atoms with Gasteiger partial charge in [-0.15, -0.1) is 0 Å². The van der Waals surface area contributed by atoms with Crippen LogP contribution in [0.3, 0.4) is 0 Å². The number of ether oxygens (including phenoxy) is 1. The number of carbonyl (C=O) groups excluding carboxylic acids is 1. The van der Waals surface area contributed by atoms with Crippen LogP contribution in [0, 0.1) is 5.92 Å². The molecule has 1 amide bonds. The van der Waals surface area contributed by atoms with Crippen molar-refractivity contribution in [3.05, 3.63) is 41.9 Å². The van der Waals surface area contributed by atoms with Crippen molar-refractivity contribution in [2.24, 2.45) is 5.92 Å². The lowest BCUT2D eigenvalue weighted by atomic mass is 9.93. The summed E-state index contributed by atoms with van der Waals surface area (Å²) in [5.74, 6) is 0.850. The standard InChI is InChI=1S/C16H20N4O2/c1-22-15-14(5-2-7-17-15)16(21)20-9-3-4-12(11-20)10-13-6-8-18-19-13/h2,5-8,12H,3-4,9-11H2,1H3,(H,18,19)/t12-/m1/s1. The highest BCUT2D eigenvalue weighted by molar-refractivity contribution is 5.96. The molecule has 3 heterocycles. The average molecular weight is 300 g/mol. The number of piperidine rings is 1. The number of aromatic nitrogens is 3. The second-order valence-electron chi connectivity index (χ2n) is 5.61. The van der Waals surface area contributed by atoms with Gasteiger partial charge in [0.1, 0.15) is 5.56 Å². The molecular formula is C16H20N4O2. The molecular weight excluding hydrogens is 280 g/mol. The molecule has 2 aromatic heterocycles. The Morgan fingerprint density at radius 1 is 1.45 bits per heavy atom. The molecule has 1 aliphatic heterocycles. The maximum atomic E-state index is 12.7. The first-order valence-electron chi connectivity index (χ1n) is 7.54. The maximum absolute atomic E-state index is 12.7. The first-order valence-corrected chi connectivity index (χ1v) is 7.54. The van der Waals surface area contributed by atoms with Gasteiger partial charge in [-0.25, -0.2) is 4.98 Å². The Bertz CT molecular complexity index is 627. The van der Waals surface area contributed by atoms with Gasteiger partial charge in [0.25, 0.3) is 5.91 Å². The first kappa shape index (κ1) is 14.6. The smallest absolute Gasteiger partial charge is 0.259 e. The van der Waals surface area contributed by atoms with Gasteiger partial charge < -0.3 is 9.64 Å². The van der Waals surface area contributed by atoms with Gasteiger partial charge in [0.05, 0.1) is 7.11 Å². The van der Waals surface area contributed by atoms with E-state index in [1.54, 1.807) is 24.5 Å². The molecule has 1 N–H and O–H groups in total. The van der Waals surface area contributed by atoms with Crippen LogP contribution in [0.1, 0.15) is 28.9 Å². The lowest BCUT2D eigenvalue weighted by molar-refractivity contribution is 0.0668. The third-order valence-electron chi connectivity index (χ3n) is 4.07. The average Bonchev–Trinajstić information content (AvgIpc) is 3.07. The zero-order chi connectivity index (χ0) is 15.4. The number of nitrogens with zero attached hydrogens (tertiary/aromatic N) is 3. The maximum Gasteiger partial charge on any atom is 0.259 e. The van der Waals surface area contributed by atoms with Crippen LogP contribution in [-0.4, -0.2) is 46.2 Å². The molecule has 0 radical (unpaired) electrons. The van der Waals surface area contributed by atoms with E-state index in [9.17, 15) is 4.79 Å². The Balaban J connectivity index is 1.70. The van der Waals surface area contributed by atoms with Crippen molar-refractivity contribution in [1.29, 1.82) is 0 Å². The highest BCUT2D eigenvalue weighted by atomic mass is 16.5. The van der Waals surface area contributed by atoms with E-state index < -0.39 is 0 Å². The predicted octanol–water partition coefficient (Wildman–Crippen LogP) is 1.91. The number of aromatic amines is 1. The summed E-state index contributed by atoms with van der Waals surface area (Å²) in [6.07, 6.45) is 6.47. The Morgan fingerprint density at radius 2 is 2.36 bits per heavy atom. The minimum absolute atomic E-state index is 0.000685. The molecule has 3 rings (SSSR count). The van der Waals surface area contributed by atoms with Crippen LogP contribution in [0.5, 0.6) is 5.88 Å². The van der Waals surface area contributed by atoms with Crippen LogP contribution in [0.2, 0.25) is 0 Å². The zero-order valence-electron chi connectivity index (χ0n) is 12.7. The van der Waals surface area contributed by atoms with Gasteiger partial charge in [0, 0.05) is 31.2 Å². The molecule has 0 saturated carbocycles. The lowest BCUT2D eigenvalue weighted by Gasteiger charge is -2.32. The number of carbonyl (C=O) groups is 1. The molecule has 1 atom stereocenters. The molecule has 0 aromatic carbocycles. The summed E-state index contributed by atoms with van der Waals surface area (Å²) in [4.78, 5) is 18.7. The van der Waals surface area contributed by atoms with Gasteiger partial charge in [-0.3, -0.25) is 9.89 Å². The van der Waals surface area contributed by atoms with Crippen LogP contribution in [0.15, 0.2) is 30.6 Å². The second-order valence-corrected chi connectivity index (χ2v) is 5.61. The lowest BCUT2D eigenvalue weighted by Crippen LogP contribution is -2.40. The van der Waals surface area contributed by atoms with E-state index in [2.05, 4.69) is 15.2 Å². The second kappa shape index (κ2) is 6.60. The molecule has 1 fully saturated rings. The van der Waals surface area contributed by atoms with Gasteiger partial charge in [-0.05, 0) is 43.4 Å². The SMILES string of the molecule is COc1ncccc1C(=O)N1CCC[C@H](Cc2ccn[nH]2)C1.